The topological polar surface area (TPSA) is 750 Å². The molecule has 12 N–H and O–H groups in total. The molecule has 118 heavy (non-hydrogen) atoms. The van der Waals surface area contributed by atoms with Gasteiger partial charge in [-0.1, -0.05) is 64.8 Å². The first-order valence-electron chi connectivity index (χ1n) is 36.8. The number of anilines is 2. The summed E-state index contributed by atoms with van der Waals surface area (Å²) in [6.45, 7) is -0.516. The number of nitrogens with one attached hydrogen (secondary N) is 4. The van der Waals surface area contributed by atoms with E-state index in [0.29, 0.717) is 12.8 Å². The number of fused-ring (bicyclic) bond motifs is 2. The van der Waals surface area contributed by atoms with Crippen molar-refractivity contribution in [2.45, 2.75) is 192 Å². The number of hydrogen-bond acceptors (Lipinski definition) is 42. The summed E-state index contributed by atoms with van der Waals surface area (Å²) < 4.78 is 123. The van der Waals surface area contributed by atoms with E-state index in [1.807, 2.05) is 0 Å². The number of ether oxygens (including phenoxy) is 2. The van der Waals surface area contributed by atoms with E-state index in [9.17, 15) is 116 Å². The number of imidazole rings is 2. The van der Waals surface area contributed by atoms with Crippen molar-refractivity contribution in [3.8, 4) is 0 Å². The Bertz CT molecular complexity index is 4410. The smallest absolute Gasteiger partial charge is 0.274 e. The normalized spacial score (nSPS) is 23.1. The zero-order valence-electron chi connectivity index (χ0n) is 63.8. The summed E-state index contributed by atoms with van der Waals surface area (Å²) in [6.07, 6.45) is -6.53. The number of aliphatic hydroxyl groups is 4. The minimum Gasteiger partial charge on any atom is -0.790 e. The summed E-state index contributed by atoms with van der Waals surface area (Å²) >= 11 is 0. The van der Waals surface area contributed by atoms with Crippen LogP contribution >= 0.6 is 46.9 Å². The molecule has 2 saturated carbocycles. The van der Waals surface area contributed by atoms with Crippen molar-refractivity contribution in [1.29, 1.82) is 0 Å². The first-order valence-corrected chi connectivity index (χ1v) is 45.6. The van der Waals surface area contributed by atoms with Crippen LogP contribution in [0.4, 0.5) is 11.6 Å². The van der Waals surface area contributed by atoms with Crippen molar-refractivity contribution in [3.05, 3.63) is 60.7 Å². The number of Topliss-reactive ketones (excluding diaryl/α,β-unsaturated/α-hetero) is 2. The molecule has 14 atom stereocenters. The van der Waals surface area contributed by atoms with Crippen molar-refractivity contribution in [3.63, 3.8) is 0 Å². The molecule has 1 aromatic carbocycles. The fourth-order valence-corrected chi connectivity index (χ4v) is 18.6. The molecule has 4 fully saturated rings. The Balaban J connectivity index is 0.579. The number of aromatic nitrogens is 8. The number of benzene rings is 1. The Kier molecular flexibility index (Phi) is 31.9. The number of nitrogens with two attached hydrogens (primary N) is 2. The number of aliphatic hydroxyl groups excluding tert-OH is 4. The third kappa shape index (κ3) is 26.8. The third-order valence-corrected chi connectivity index (χ3v) is 26.1. The molecule has 5 aromatic rings. The first kappa shape index (κ1) is 95.5. The van der Waals surface area contributed by atoms with Gasteiger partial charge in [-0.15, -0.1) is 0 Å². The van der Waals surface area contributed by atoms with Gasteiger partial charge >= 0.3 is 0 Å². The van der Waals surface area contributed by atoms with E-state index in [-0.39, 0.29) is 97.4 Å². The van der Waals surface area contributed by atoms with Crippen molar-refractivity contribution in [2.75, 3.05) is 64.1 Å². The first-order chi connectivity index (χ1) is 55.0. The number of phosphoric ester groups is 6. The molecule has 54 heteroatoms. The van der Waals surface area contributed by atoms with Crippen molar-refractivity contribution >= 4 is 116 Å². The second-order valence-electron chi connectivity index (χ2n) is 30.1. The van der Waals surface area contributed by atoms with Crippen LogP contribution in [0.5, 0.6) is 0 Å². The largest absolute Gasteiger partial charge is 0.790 e. The zero-order chi connectivity index (χ0) is 86.8. The predicted octanol–water partition coefficient (Wildman–Crippen LogP) is -3.63. The predicted molar refractivity (Wildman–Crippen MR) is 386 cm³/mol. The highest BCUT2D eigenvalue weighted by Gasteiger charge is 2.52. The van der Waals surface area contributed by atoms with Crippen LogP contribution in [0.3, 0.4) is 0 Å². The molecule has 48 nitrogen and oxygen atoms in total. The minimum atomic E-state index is -5.99. The molecule has 4 aromatic heterocycles. The van der Waals surface area contributed by atoms with E-state index in [1.54, 1.807) is 0 Å². The number of rotatable bonds is 50. The number of amides is 4. The van der Waals surface area contributed by atoms with Crippen LogP contribution in [0.15, 0.2) is 49.6 Å². The van der Waals surface area contributed by atoms with E-state index in [2.05, 4.69) is 111 Å². The molecule has 6 heterocycles. The van der Waals surface area contributed by atoms with Crippen LogP contribution in [-0.4, -0.2) is 196 Å². The maximum absolute atomic E-state index is 13.3. The van der Waals surface area contributed by atoms with E-state index in [4.69, 9.17) is 20.9 Å². The highest BCUT2D eigenvalue weighted by Crippen LogP contribution is 2.59. The monoisotopic (exact) mass is 1780 g/mol. The summed E-state index contributed by atoms with van der Waals surface area (Å²) in [5.74, 6) is -3.33. The van der Waals surface area contributed by atoms with Gasteiger partial charge in [0.05, 0.1) is 54.7 Å². The third-order valence-electron chi connectivity index (χ3n) is 20.1. The number of ketones is 2. The summed E-state index contributed by atoms with van der Waals surface area (Å²) in [5.41, 5.74) is 9.32. The number of unbranched alkanes of at least 4 members (excludes halogenated alkanes) is 2. The minimum absolute atomic E-state index is 0.0183. The number of hydrogen-bond donors (Lipinski definition) is 10. The maximum atomic E-state index is 13.3. The van der Waals surface area contributed by atoms with Crippen LogP contribution in [0, 0.1) is 21.7 Å². The van der Waals surface area contributed by atoms with Crippen molar-refractivity contribution in [2.24, 2.45) is 21.7 Å². The maximum Gasteiger partial charge on any atom is 0.274 e. The molecule has 658 valence electrons. The molecular weight excluding hydrogens is 1690 g/mol. The molecule has 2 aliphatic carbocycles. The lowest BCUT2D eigenvalue weighted by Crippen LogP contribution is -2.46. The molecule has 0 radical (unpaired) electrons. The SMILES string of the molecule is CC(C)(COP(=O)([O-])OP(=O)([O-])OCC1OC(n2cnc3c(N)ncnc32)C(O)C1OP(=O)([O-])[O-])C(O)C(=O)NCCC(=O)NCCC(=O)C1(CCCCc2ccc(CCCCC3(C(=O)CCNC(=O)CCNC(=O)C(O)C(C)(C)COP(=O)([O-])OP(=O)([O-])OCC4OC(n5cnc6c(N)ncnc65)C(O)C4OP(=O)([O-])[O-])CC3)cc2)CC1. The van der Waals surface area contributed by atoms with Crippen molar-refractivity contribution in [1.82, 2.24) is 60.3 Å². The highest BCUT2D eigenvalue weighted by molar-refractivity contribution is 7.60. The van der Waals surface area contributed by atoms with Crippen molar-refractivity contribution < 1.29 is 161 Å². The van der Waals surface area contributed by atoms with Crippen LogP contribution < -0.4 is 71.9 Å². The van der Waals surface area contributed by atoms with Gasteiger partial charge in [-0.2, -0.15) is 0 Å². The van der Waals surface area contributed by atoms with E-state index < -0.39 is 180 Å². The molecular formula is C64H90N14O34P6-8. The van der Waals surface area contributed by atoms with E-state index in [1.165, 1.54) is 27.7 Å². The standard InChI is InChI=1S/C64H98N14O34P6/c1-61(2,31-105-117(99,100)111-115(95,96)103-29-39-49(109-113(89,90)91)47(83)59(107-39)77-35-75-45-53(65)71-33-73-55(45)77)51(85)57(87)69-27-17-43(81)67-25-15-41(79)63(21-22-63)19-7-5-9-37-11-13-38(14-12-37)10-6-8-20-64(23-24-64)42(80)16-26-68-44(82)18-28-70-58(88)52(86)62(3,4)32-106-118(101,102)112-116(97,98)104-30-40-50(110-114(92,93)94)48(84)60(108-40)78-36-76-46-54(66)72-34-74-56(46)78/h11-14,33-36,39-40,47-52,59-60,83-86H,5-10,15-32H2,1-4H3,(H,67,81)(H,68,82)(H,69,87)(H,70,88)(H,95,96)(H,97,98)(H,99,100)(H,101,102)(H2,65,71,73)(H2,66,72,74)(H2,89,90,91)(H2,92,93,94)/p-8. The number of nitrogen functional groups attached to an aromatic ring is 2. The van der Waals surface area contributed by atoms with Gasteiger partial charge in [0.2, 0.25) is 23.6 Å². The lowest BCUT2D eigenvalue weighted by molar-refractivity contribution is -0.348. The van der Waals surface area contributed by atoms with Gasteiger partial charge in [0.25, 0.3) is 31.3 Å². The lowest BCUT2D eigenvalue weighted by atomic mass is 9.87. The number of carbonyl (C=O) groups excluding carboxylic acids is 6. The molecule has 4 amide bonds. The molecule has 0 bridgehead atoms. The van der Waals surface area contributed by atoms with Crippen LogP contribution in [0.2, 0.25) is 0 Å². The quantitative estimate of drug-likeness (QED) is 0.0133. The fraction of sp³-hybridized carbons (Fsp3) is 0.656. The number of aryl methyl sites for hydroxylation is 2. The van der Waals surface area contributed by atoms with E-state index >= 15 is 0 Å². The van der Waals surface area contributed by atoms with Gasteiger partial charge in [-0.05, 0) is 75.3 Å². The molecule has 9 rings (SSSR count). The van der Waals surface area contributed by atoms with Gasteiger partial charge in [-0.3, -0.25) is 56.2 Å². The van der Waals surface area contributed by atoms with Crippen LogP contribution in [0.25, 0.3) is 22.3 Å². The number of carbonyl (C=O) groups is 6. The number of phosphoric acid groups is 6. The Morgan fingerprint density at radius 1 is 0.517 bits per heavy atom. The summed E-state index contributed by atoms with van der Waals surface area (Å²) in [5, 5.41) is 53.3. The van der Waals surface area contributed by atoms with E-state index in [0.717, 1.165) is 110 Å². The molecule has 0 spiro atoms. The average Bonchev–Trinajstić information content (AvgIpc) is 1.62. The van der Waals surface area contributed by atoms with Gasteiger partial charge in [0.1, 0.15) is 84.1 Å². The average molecular weight is 1790 g/mol. The molecule has 2 saturated heterocycles. The van der Waals surface area contributed by atoms with Crippen LogP contribution in [-0.2, 0) is 114 Å². The molecule has 4 aliphatic rings. The second kappa shape index (κ2) is 39.4. The molecule has 14 unspecified atom stereocenters. The summed E-state index contributed by atoms with van der Waals surface area (Å²) in [7, 11) is -35.6. The van der Waals surface area contributed by atoms with Gasteiger partial charge < -0.3 is 138 Å². The number of nitrogens with zero attached hydrogens (tertiary/aromatic N) is 8. The lowest BCUT2D eigenvalue weighted by Gasteiger charge is -2.36. The molecule has 2 aliphatic heterocycles. The van der Waals surface area contributed by atoms with Gasteiger partial charge in [0.15, 0.2) is 35.4 Å². The van der Waals surface area contributed by atoms with Crippen LogP contribution in [0.1, 0.15) is 141 Å². The summed E-state index contributed by atoms with van der Waals surface area (Å²) in [4.78, 5) is 198. The Morgan fingerprint density at radius 3 is 1.19 bits per heavy atom. The Hall–Kier alpha value is -6.36. The highest BCUT2D eigenvalue weighted by atomic mass is 31.3. The van der Waals surface area contributed by atoms with Gasteiger partial charge in [0, 0.05) is 73.5 Å². The Labute approximate surface area is 672 Å². The summed E-state index contributed by atoms with van der Waals surface area (Å²) in [6, 6.07) is 8.27. The fourth-order valence-electron chi connectivity index (χ4n) is 13.1. The Morgan fingerprint density at radius 2 is 0.856 bits per heavy atom. The van der Waals surface area contributed by atoms with Gasteiger partial charge in [-0.25, -0.2) is 38.5 Å². The second-order valence-corrected chi connectivity index (χ2v) is 38.2. The zero-order valence-corrected chi connectivity index (χ0v) is 69.2.